The van der Waals surface area contributed by atoms with Crippen LogP contribution in [0.15, 0.2) is 66.7 Å². The second kappa shape index (κ2) is 7.58. The maximum atomic E-state index is 13.6. The normalized spacial score (nSPS) is 11.6. The van der Waals surface area contributed by atoms with Crippen molar-refractivity contribution in [3.8, 4) is 11.8 Å². The predicted molar refractivity (Wildman–Crippen MR) is 118 cm³/mol. The molecule has 0 fully saturated rings. The molecule has 4 rings (SSSR count). The lowest BCUT2D eigenvalue weighted by atomic mass is 10.0. The highest BCUT2D eigenvalue weighted by Crippen LogP contribution is 2.28. The first-order valence-electron chi connectivity index (χ1n) is 9.23. The standard InChI is InChI=1S/C25H18ClFN2/c1-16-11-21(17(2)29(16)23-9-10-25(27)24(26)14-23)13-22(15-28)20-8-7-18-5-3-4-6-19(18)12-20/h3-14H,1-2H3/b22-13-. The summed E-state index contributed by atoms with van der Waals surface area (Å²) in [5.41, 5.74) is 5.13. The molecule has 0 atom stereocenters. The fourth-order valence-corrected chi connectivity index (χ4v) is 3.82. The number of benzene rings is 3. The summed E-state index contributed by atoms with van der Waals surface area (Å²) in [7, 11) is 0. The largest absolute Gasteiger partial charge is 0.318 e. The average molecular weight is 401 g/mol. The van der Waals surface area contributed by atoms with Gasteiger partial charge >= 0.3 is 0 Å². The third kappa shape index (κ3) is 3.55. The minimum absolute atomic E-state index is 0.0842. The molecule has 0 N–H and O–H groups in total. The van der Waals surface area contributed by atoms with Crippen molar-refractivity contribution in [2.24, 2.45) is 0 Å². The van der Waals surface area contributed by atoms with E-state index in [0.717, 1.165) is 39.0 Å². The minimum atomic E-state index is -0.443. The lowest BCUT2D eigenvalue weighted by Gasteiger charge is -2.10. The Morgan fingerprint density at radius 2 is 1.76 bits per heavy atom. The summed E-state index contributed by atoms with van der Waals surface area (Å²) >= 11 is 5.97. The average Bonchev–Trinajstić information content (AvgIpc) is 3.01. The van der Waals surface area contributed by atoms with Crippen LogP contribution >= 0.6 is 11.6 Å². The number of halogens is 2. The van der Waals surface area contributed by atoms with Gasteiger partial charge < -0.3 is 4.57 Å². The molecule has 29 heavy (non-hydrogen) atoms. The van der Waals surface area contributed by atoms with Crippen LogP contribution in [0.5, 0.6) is 0 Å². The summed E-state index contributed by atoms with van der Waals surface area (Å²) in [4.78, 5) is 0. The summed E-state index contributed by atoms with van der Waals surface area (Å²) < 4.78 is 15.6. The van der Waals surface area contributed by atoms with E-state index in [4.69, 9.17) is 11.6 Å². The van der Waals surface area contributed by atoms with E-state index in [1.807, 2.05) is 67.0 Å². The van der Waals surface area contributed by atoms with E-state index in [1.54, 1.807) is 12.1 Å². The first-order chi connectivity index (χ1) is 14.0. The summed E-state index contributed by atoms with van der Waals surface area (Å²) in [5, 5.41) is 12.1. The summed E-state index contributed by atoms with van der Waals surface area (Å²) in [6, 6.07) is 23.1. The Kier molecular flexibility index (Phi) is 4.96. The van der Waals surface area contributed by atoms with E-state index in [0.29, 0.717) is 5.57 Å². The van der Waals surface area contributed by atoms with Crippen LogP contribution in [0.3, 0.4) is 0 Å². The maximum Gasteiger partial charge on any atom is 0.141 e. The van der Waals surface area contributed by atoms with Crippen molar-refractivity contribution in [1.29, 1.82) is 5.26 Å². The van der Waals surface area contributed by atoms with Gasteiger partial charge in [-0.05, 0) is 72.2 Å². The van der Waals surface area contributed by atoms with Gasteiger partial charge in [-0.3, -0.25) is 0 Å². The highest BCUT2D eigenvalue weighted by atomic mass is 35.5. The van der Waals surface area contributed by atoms with E-state index in [9.17, 15) is 9.65 Å². The van der Waals surface area contributed by atoms with Crippen molar-refractivity contribution < 1.29 is 4.39 Å². The number of hydrogen-bond donors (Lipinski definition) is 0. The molecule has 0 aliphatic carbocycles. The molecule has 2 nitrogen and oxygen atoms in total. The Hall–Kier alpha value is -3.35. The van der Waals surface area contributed by atoms with Gasteiger partial charge in [-0.25, -0.2) is 4.39 Å². The van der Waals surface area contributed by atoms with Crippen LogP contribution in [-0.4, -0.2) is 4.57 Å². The second-order valence-corrected chi connectivity index (χ2v) is 7.40. The number of hydrogen-bond acceptors (Lipinski definition) is 1. The molecular weight excluding hydrogens is 383 g/mol. The van der Waals surface area contributed by atoms with Crippen molar-refractivity contribution in [2.75, 3.05) is 0 Å². The zero-order valence-corrected chi connectivity index (χ0v) is 16.8. The summed E-state index contributed by atoms with van der Waals surface area (Å²) in [6.45, 7) is 3.95. The fourth-order valence-electron chi connectivity index (χ4n) is 3.65. The van der Waals surface area contributed by atoms with Crippen molar-refractivity contribution in [2.45, 2.75) is 13.8 Å². The predicted octanol–water partition coefficient (Wildman–Crippen LogP) is 7.10. The number of aromatic nitrogens is 1. The maximum absolute atomic E-state index is 13.6. The topological polar surface area (TPSA) is 28.7 Å². The van der Waals surface area contributed by atoms with Gasteiger partial charge in [-0.1, -0.05) is 48.0 Å². The molecule has 0 radical (unpaired) electrons. The van der Waals surface area contributed by atoms with E-state index in [2.05, 4.69) is 12.1 Å². The number of aryl methyl sites for hydroxylation is 1. The van der Waals surface area contributed by atoms with E-state index >= 15 is 0 Å². The van der Waals surface area contributed by atoms with Crippen LogP contribution in [0.4, 0.5) is 4.39 Å². The molecular formula is C25H18ClFN2. The van der Waals surface area contributed by atoms with E-state index < -0.39 is 5.82 Å². The second-order valence-electron chi connectivity index (χ2n) is 6.99. The minimum Gasteiger partial charge on any atom is -0.318 e. The summed E-state index contributed by atoms with van der Waals surface area (Å²) in [5.74, 6) is -0.443. The third-order valence-electron chi connectivity index (χ3n) is 5.11. The molecule has 142 valence electrons. The van der Waals surface area contributed by atoms with Gasteiger partial charge in [0, 0.05) is 17.1 Å². The molecule has 1 aromatic heterocycles. The molecule has 0 unspecified atom stereocenters. The lowest BCUT2D eigenvalue weighted by Crippen LogP contribution is -1.99. The molecule has 3 aromatic carbocycles. The molecule has 0 bridgehead atoms. The Morgan fingerprint density at radius 3 is 2.48 bits per heavy atom. The highest BCUT2D eigenvalue weighted by Gasteiger charge is 2.12. The molecule has 0 spiro atoms. The third-order valence-corrected chi connectivity index (χ3v) is 5.40. The van der Waals surface area contributed by atoms with Gasteiger partial charge in [0.15, 0.2) is 0 Å². The smallest absolute Gasteiger partial charge is 0.141 e. The molecule has 0 aliphatic heterocycles. The first kappa shape index (κ1) is 19.0. The van der Waals surface area contributed by atoms with Crippen LogP contribution < -0.4 is 0 Å². The number of rotatable bonds is 3. The van der Waals surface area contributed by atoms with E-state index in [1.165, 1.54) is 6.07 Å². The number of nitriles is 1. The summed E-state index contributed by atoms with van der Waals surface area (Å²) in [6.07, 6.45) is 1.90. The van der Waals surface area contributed by atoms with Gasteiger partial charge in [0.25, 0.3) is 0 Å². The van der Waals surface area contributed by atoms with Crippen molar-refractivity contribution in [1.82, 2.24) is 4.57 Å². The van der Waals surface area contributed by atoms with Crippen molar-refractivity contribution >= 4 is 34.0 Å². The van der Waals surface area contributed by atoms with Crippen LogP contribution in [0, 0.1) is 31.0 Å². The van der Waals surface area contributed by atoms with Gasteiger partial charge in [-0.2, -0.15) is 5.26 Å². The number of fused-ring (bicyclic) bond motifs is 1. The monoisotopic (exact) mass is 400 g/mol. The molecule has 1 heterocycles. The molecule has 0 saturated carbocycles. The Bertz CT molecular complexity index is 1310. The quantitative estimate of drug-likeness (QED) is 0.337. The SMILES string of the molecule is Cc1cc(/C=C(/C#N)c2ccc3ccccc3c2)c(C)n1-c1ccc(F)c(Cl)c1. The highest BCUT2D eigenvalue weighted by molar-refractivity contribution is 6.30. The number of allylic oxidation sites excluding steroid dienone is 1. The molecule has 0 aliphatic rings. The molecule has 0 amide bonds. The lowest BCUT2D eigenvalue weighted by molar-refractivity contribution is 0.627. The van der Waals surface area contributed by atoms with Gasteiger partial charge in [0.05, 0.1) is 16.7 Å². The Morgan fingerprint density at radius 1 is 1.00 bits per heavy atom. The Balaban J connectivity index is 1.80. The van der Waals surface area contributed by atoms with Gasteiger partial charge in [0.2, 0.25) is 0 Å². The van der Waals surface area contributed by atoms with Crippen LogP contribution in [-0.2, 0) is 0 Å². The molecule has 4 heteroatoms. The number of nitrogens with zero attached hydrogens (tertiary/aromatic N) is 2. The van der Waals surface area contributed by atoms with Crippen molar-refractivity contribution in [3.63, 3.8) is 0 Å². The molecule has 0 saturated heterocycles. The Labute approximate surface area is 174 Å². The van der Waals surface area contributed by atoms with Gasteiger partial charge in [0.1, 0.15) is 5.82 Å². The van der Waals surface area contributed by atoms with Gasteiger partial charge in [-0.15, -0.1) is 0 Å². The molecule has 4 aromatic rings. The first-order valence-corrected chi connectivity index (χ1v) is 9.61. The van der Waals surface area contributed by atoms with Crippen LogP contribution in [0.2, 0.25) is 5.02 Å². The van der Waals surface area contributed by atoms with Crippen LogP contribution in [0.1, 0.15) is 22.5 Å². The van der Waals surface area contributed by atoms with E-state index in [-0.39, 0.29) is 5.02 Å². The van der Waals surface area contributed by atoms with Crippen molar-refractivity contribution in [3.05, 3.63) is 100 Å². The zero-order chi connectivity index (χ0) is 20.5. The van der Waals surface area contributed by atoms with Crippen LogP contribution in [0.25, 0.3) is 28.1 Å². The zero-order valence-electron chi connectivity index (χ0n) is 16.1. The fraction of sp³-hybridized carbons (Fsp3) is 0.0800.